The molecule has 2 bridgehead atoms. The SMILES string of the molecule is C1C[C@H]2C[C@H]1C[C@H]1C[C@H]21. The van der Waals surface area contributed by atoms with E-state index in [9.17, 15) is 0 Å². The van der Waals surface area contributed by atoms with Gasteiger partial charge in [0.05, 0.1) is 0 Å². The zero-order valence-corrected chi connectivity index (χ0v) is 5.84. The van der Waals surface area contributed by atoms with E-state index >= 15 is 0 Å². The van der Waals surface area contributed by atoms with Crippen LogP contribution in [0.5, 0.6) is 0 Å². The maximum Gasteiger partial charge on any atom is -0.0354 e. The highest BCUT2D eigenvalue weighted by Gasteiger charge is 2.50. The van der Waals surface area contributed by atoms with Gasteiger partial charge in [-0.1, -0.05) is 6.42 Å². The summed E-state index contributed by atoms with van der Waals surface area (Å²) >= 11 is 0. The highest BCUT2D eigenvalue weighted by Crippen LogP contribution is 2.60. The summed E-state index contributed by atoms with van der Waals surface area (Å²) in [7, 11) is 0. The van der Waals surface area contributed by atoms with E-state index in [2.05, 4.69) is 0 Å². The van der Waals surface area contributed by atoms with Crippen LogP contribution >= 0.6 is 0 Å². The van der Waals surface area contributed by atoms with Crippen LogP contribution in [-0.4, -0.2) is 0 Å². The van der Waals surface area contributed by atoms with Gasteiger partial charge in [-0.3, -0.25) is 0 Å². The molecule has 0 spiro atoms. The van der Waals surface area contributed by atoms with Crippen LogP contribution in [0.25, 0.3) is 0 Å². The minimum Gasteiger partial charge on any atom is -0.0502 e. The van der Waals surface area contributed by atoms with Crippen LogP contribution < -0.4 is 0 Å². The van der Waals surface area contributed by atoms with Crippen LogP contribution in [0.3, 0.4) is 0 Å². The lowest BCUT2D eigenvalue weighted by Gasteiger charge is -2.16. The second kappa shape index (κ2) is 1.36. The maximum atomic E-state index is 1.61. The average Bonchev–Trinajstić information content (AvgIpc) is 2.50. The Kier molecular flexibility index (Phi) is 0.717. The molecule has 9 heavy (non-hydrogen) atoms. The van der Waals surface area contributed by atoms with Gasteiger partial charge < -0.3 is 0 Å². The van der Waals surface area contributed by atoms with Crippen molar-refractivity contribution in [3.05, 3.63) is 0 Å². The lowest BCUT2D eigenvalue weighted by molar-refractivity contribution is 0.340. The van der Waals surface area contributed by atoms with E-state index in [-0.39, 0.29) is 0 Å². The summed E-state index contributed by atoms with van der Waals surface area (Å²) in [4.78, 5) is 0. The molecule has 3 saturated carbocycles. The van der Waals surface area contributed by atoms with Crippen LogP contribution in [0.2, 0.25) is 0 Å². The van der Waals surface area contributed by atoms with Crippen LogP contribution in [0, 0.1) is 23.7 Å². The summed E-state index contributed by atoms with van der Waals surface area (Å²) in [6.45, 7) is 0. The lowest BCUT2D eigenvalue weighted by Crippen LogP contribution is -2.07. The largest absolute Gasteiger partial charge is 0.0502 e. The summed E-state index contributed by atoms with van der Waals surface area (Å²) in [6.07, 6.45) is 8.01. The number of hydrogen-bond donors (Lipinski definition) is 0. The quantitative estimate of drug-likeness (QED) is 0.463. The number of hydrogen-bond acceptors (Lipinski definition) is 0. The van der Waals surface area contributed by atoms with Crippen molar-refractivity contribution in [2.24, 2.45) is 23.7 Å². The Morgan fingerprint density at radius 1 is 0.778 bits per heavy atom. The Morgan fingerprint density at radius 2 is 1.67 bits per heavy atom. The van der Waals surface area contributed by atoms with Gasteiger partial charge in [-0.05, 0) is 49.4 Å². The minimum absolute atomic E-state index is 1.18. The van der Waals surface area contributed by atoms with Gasteiger partial charge >= 0.3 is 0 Å². The maximum absolute atomic E-state index is 1.61. The second-order valence-corrected chi connectivity index (χ2v) is 4.33. The number of rotatable bonds is 0. The zero-order chi connectivity index (χ0) is 5.84. The van der Waals surface area contributed by atoms with E-state index in [1.54, 1.807) is 32.1 Å². The van der Waals surface area contributed by atoms with E-state index in [4.69, 9.17) is 0 Å². The molecule has 0 aliphatic heterocycles. The first-order valence-electron chi connectivity index (χ1n) is 4.43. The molecule has 0 aromatic rings. The third-order valence-electron chi connectivity index (χ3n) is 3.80. The summed E-state index contributed by atoms with van der Waals surface area (Å²) in [5.74, 6) is 4.83. The molecule has 0 nitrogen and oxygen atoms in total. The van der Waals surface area contributed by atoms with Crippen molar-refractivity contribution in [2.45, 2.75) is 32.1 Å². The molecule has 0 aromatic heterocycles. The molecule has 0 saturated heterocycles. The lowest BCUT2D eigenvalue weighted by atomic mass is 9.89. The normalized spacial score (nSPS) is 61.3. The topological polar surface area (TPSA) is 0 Å². The molecule has 0 amide bonds. The molecule has 0 aromatic carbocycles. The minimum atomic E-state index is 1.18. The van der Waals surface area contributed by atoms with Gasteiger partial charge in [0, 0.05) is 0 Å². The Morgan fingerprint density at radius 3 is 2.67 bits per heavy atom. The molecule has 0 N–H and O–H groups in total. The molecule has 0 heterocycles. The third-order valence-corrected chi connectivity index (χ3v) is 3.80. The monoisotopic (exact) mass is 122 g/mol. The van der Waals surface area contributed by atoms with E-state index < -0.39 is 0 Å². The molecule has 0 heteroatoms. The smallest absolute Gasteiger partial charge is 0.0354 e. The van der Waals surface area contributed by atoms with Crippen molar-refractivity contribution in [3.63, 3.8) is 0 Å². The van der Waals surface area contributed by atoms with Gasteiger partial charge in [-0.15, -0.1) is 0 Å². The van der Waals surface area contributed by atoms with E-state index in [0.29, 0.717) is 0 Å². The van der Waals surface area contributed by atoms with Gasteiger partial charge in [-0.2, -0.15) is 0 Å². The molecule has 3 rings (SSSR count). The van der Waals surface area contributed by atoms with Gasteiger partial charge in [0.25, 0.3) is 0 Å². The second-order valence-electron chi connectivity index (χ2n) is 4.33. The molecule has 3 fully saturated rings. The predicted molar refractivity (Wildman–Crippen MR) is 37.0 cm³/mol. The summed E-state index contributed by atoms with van der Waals surface area (Å²) in [5, 5.41) is 0. The summed E-state index contributed by atoms with van der Waals surface area (Å²) in [5.41, 5.74) is 0. The van der Waals surface area contributed by atoms with Crippen molar-refractivity contribution in [1.82, 2.24) is 0 Å². The Balaban J connectivity index is 1.90. The fraction of sp³-hybridized carbons (Fsp3) is 1.00. The van der Waals surface area contributed by atoms with Crippen LogP contribution in [0.4, 0.5) is 0 Å². The highest BCUT2D eigenvalue weighted by molar-refractivity contribution is 5.00. The van der Waals surface area contributed by atoms with Crippen molar-refractivity contribution in [1.29, 1.82) is 0 Å². The molecular weight excluding hydrogens is 108 g/mol. The fourth-order valence-corrected chi connectivity index (χ4v) is 3.26. The first-order chi connectivity index (χ1) is 4.43. The molecular formula is C9H14. The first-order valence-corrected chi connectivity index (χ1v) is 4.43. The van der Waals surface area contributed by atoms with Crippen molar-refractivity contribution >= 4 is 0 Å². The van der Waals surface area contributed by atoms with Crippen LogP contribution in [0.15, 0.2) is 0 Å². The molecule has 50 valence electrons. The fourth-order valence-electron chi connectivity index (χ4n) is 3.26. The molecule has 4 atom stereocenters. The Bertz CT molecular complexity index is 137. The van der Waals surface area contributed by atoms with Crippen molar-refractivity contribution < 1.29 is 0 Å². The Hall–Kier alpha value is 0. The molecule has 3 aliphatic carbocycles. The predicted octanol–water partition coefficient (Wildman–Crippen LogP) is 2.44. The zero-order valence-electron chi connectivity index (χ0n) is 5.84. The first kappa shape index (κ1) is 4.76. The van der Waals surface area contributed by atoms with Gasteiger partial charge in [0.15, 0.2) is 0 Å². The van der Waals surface area contributed by atoms with Gasteiger partial charge in [0.2, 0.25) is 0 Å². The molecule has 0 radical (unpaired) electrons. The molecule has 3 aliphatic rings. The van der Waals surface area contributed by atoms with Gasteiger partial charge in [-0.25, -0.2) is 0 Å². The van der Waals surface area contributed by atoms with E-state index in [1.807, 2.05) is 0 Å². The summed E-state index contributed by atoms with van der Waals surface area (Å²) in [6, 6.07) is 0. The Labute approximate surface area is 56.6 Å². The van der Waals surface area contributed by atoms with E-state index in [0.717, 1.165) is 0 Å². The van der Waals surface area contributed by atoms with Crippen molar-refractivity contribution in [2.75, 3.05) is 0 Å². The standard InChI is InChI=1S/C9H14/c1-2-7-3-6(1)4-8-5-9(7)8/h6-9H,1-5H2/t6-,7-,8-,9+/m0/s1. The van der Waals surface area contributed by atoms with E-state index in [1.165, 1.54) is 23.7 Å². The highest BCUT2D eigenvalue weighted by atomic mass is 14.6. The van der Waals surface area contributed by atoms with Crippen LogP contribution in [-0.2, 0) is 0 Å². The third kappa shape index (κ3) is 0.544. The number of fused-ring (bicyclic) bond motifs is 4. The molecule has 0 unspecified atom stereocenters. The average molecular weight is 122 g/mol. The van der Waals surface area contributed by atoms with Gasteiger partial charge in [0.1, 0.15) is 0 Å². The van der Waals surface area contributed by atoms with Crippen molar-refractivity contribution in [3.8, 4) is 0 Å². The van der Waals surface area contributed by atoms with Crippen LogP contribution in [0.1, 0.15) is 32.1 Å². The summed E-state index contributed by atoms with van der Waals surface area (Å²) < 4.78 is 0.